The van der Waals surface area contributed by atoms with Gasteiger partial charge in [-0.2, -0.15) is 0 Å². The van der Waals surface area contributed by atoms with Crippen molar-refractivity contribution in [1.29, 1.82) is 0 Å². The minimum atomic E-state index is -3.21. The molecule has 0 bridgehead atoms. The van der Waals surface area contributed by atoms with Crippen LogP contribution in [0.1, 0.15) is 5.56 Å². The average molecular weight is 224 g/mol. The second-order valence-electron chi connectivity index (χ2n) is 2.67. The molecule has 0 saturated carbocycles. The summed E-state index contributed by atoms with van der Waals surface area (Å²) in [4.78, 5) is 3.49. The van der Waals surface area contributed by atoms with Crippen molar-refractivity contribution < 1.29 is 12.8 Å². The van der Waals surface area contributed by atoms with Gasteiger partial charge in [-0.05, 0) is 6.07 Å². The molecule has 72 valence electrons. The second-order valence-corrected chi connectivity index (χ2v) is 5.17. The topological polar surface area (TPSA) is 47.0 Å². The molecule has 0 fully saturated rings. The van der Waals surface area contributed by atoms with E-state index < -0.39 is 15.7 Å². The summed E-state index contributed by atoms with van der Waals surface area (Å²) in [6, 6.07) is 1.07. The molecule has 1 aromatic rings. The Hall–Kier alpha value is -0.680. The lowest BCUT2D eigenvalue weighted by Gasteiger charge is -2.00. The summed E-state index contributed by atoms with van der Waals surface area (Å²) in [6.45, 7) is 0. The lowest BCUT2D eigenvalue weighted by atomic mass is 10.3. The first kappa shape index (κ1) is 10.4. The molecule has 0 unspecified atom stereocenters. The molecule has 6 heteroatoms. The van der Waals surface area contributed by atoms with Crippen molar-refractivity contribution in [3.8, 4) is 0 Å². The molecule has 0 aliphatic rings. The van der Waals surface area contributed by atoms with E-state index in [-0.39, 0.29) is 16.5 Å². The van der Waals surface area contributed by atoms with E-state index >= 15 is 0 Å². The molecule has 0 amide bonds. The van der Waals surface area contributed by atoms with Gasteiger partial charge in [-0.3, -0.25) is 0 Å². The summed E-state index contributed by atoms with van der Waals surface area (Å²) in [5.74, 6) is -0.889. The largest absolute Gasteiger partial charge is 0.241 e. The fourth-order valence-corrected chi connectivity index (χ4v) is 1.88. The number of halogens is 2. The van der Waals surface area contributed by atoms with Crippen LogP contribution in [0.5, 0.6) is 0 Å². The van der Waals surface area contributed by atoms with Gasteiger partial charge in [0.15, 0.2) is 9.84 Å². The normalized spacial score (nSPS) is 11.6. The summed E-state index contributed by atoms with van der Waals surface area (Å²) in [7, 11) is -3.21. The SMILES string of the molecule is CS(=O)(=O)Cc1cc(F)cnc1Cl. The zero-order chi connectivity index (χ0) is 10.1. The molecule has 0 atom stereocenters. The first-order valence-corrected chi connectivity index (χ1v) is 5.80. The van der Waals surface area contributed by atoms with Crippen LogP contribution in [0.25, 0.3) is 0 Å². The van der Waals surface area contributed by atoms with Crippen molar-refractivity contribution in [1.82, 2.24) is 4.98 Å². The van der Waals surface area contributed by atoms with Crippen LogP contribution in [0.2, 0.25) is 5.15 Å². The first-order chi connectivity index (χ1) is 5.88. The molecule has 0 N–H and O–H groups in total. The highest BCUT2D eigenvalue weighted by atomic mass is 35.5. The van der Waals surface area contributed by atoms with E-state index in [1.807, 2.05) is 0 Å². The van der Waals surface area contributed by atoms with Crippen LogP contribution in [-0.4, -0.2) is 19.7 Å². The highest BCUT2D eigenvalue weighted by Crippen LogP contribution is 2.15. The molecule has 1 aromatic heterocycles. The van der Waals surface area contributed by atoms with Gasteiger partial charge in [-0.25, -0.2) is 17.8 Å². The Morgan fingerprint density at radius 2 is 2.23 bits per heavy atom. The minimum absolute atomic E-state index is 0.0202. The lowest BCUT2D eigenvalue weighted by Crippen LogP contribution is -2.02. The molecule has 1 rings (SSSR count). The fraction of sp³-hybridized carbons (Fsp3) is 0.286. The fourth-order valence-electron chi connectivity index (χ4n) is 0.848. The quantitative estimate of drug-likeness (QED) is 0.713. The molecule has 13 heavy (non-hydrogen) atoms. The van der Waals surface area contributed by atoms with Crippen molar-refractivity contribution in [2.45, 2.75) is 5.75 Å². The predicted octanol–water partition coefficient (Wildman–Crippen LogP) is 1.42. The number of pyridine rings is 1. The molecule has 0 aliphatic carbocycles. The zero-order valence-electron chi connectivity index (χ0n) is 6.79. The van der Waals surface area contributed by atoms with Crippen LogP contribution in [0.15, 0.2) is 12.3 Å². The van der Waals surface area contributed by atoms with Gasteiger partial charge in [0.1, 0.15) is 11.0 Å². The van der Waals surface area contributed by atoms with E-state index in [9.17, 15) is 12.8 Å². The Balaban J connectivity index is 3.08. The van der Waals surface area contributed by atoms with E-state index in [0.29, 0.717) is 0 Å². The van der Waals surface area contributed by atoms with Crippen molar-refractivity contribution in [2.75, 3.05) is 6.26 Å². The average Bonchev–Trinajstić information content (AvgIpc) is 1.94. The smallest absolute Gasteiger partial charge is 0.151 e. The third-order valence-corrected chi connectivity index (χ3v) is 2.47. The molecule has 0 spiro atoms. The van der Waals surface area contributed by atoms with Gasteiger partial charge in [0.2, 0.25) is 0 Å². The molecule has 3 nitrogen and oxygen atoms in total. The molecular formula is C7H7ClFNO2S. The van der Waals surface area contributed by atoms with Crippen molar-refractivity contribution >= 4 is 21.4 Å². The maximum absolute atomic E-state index is 12.6. The zero-order valence-corrected chi connectivity index (χ0v) is 8.36. The molecule has 0 aliphatic heterocycles. The van der Waals surface area contributed by atoms with Crippen LogP contribution in [-0.2, 0) is 15.6 Å². The maximum atomic E-state index is 12.6. The standard InChI is InChI=1S/C7H7ClFNO2S/c1-13(11,12)4-5-2-6(9)3-10-7(5)8/h2-3H,4H2,1H3. The number of sulfone groups is 1. The van der Waals surface area contributed by atoms with Crippen molar-refractivity contribution in [3.63, 3.8) is 0 Å². The van der Waals surface area contributed by atoms with Crippen LogP contribution < -0.4 is 0 Å². The highest BCUT2D eigenvalue weighted by Gasteiger charge is 2.10. The summed E-state index contributed by atoms with van der Waals surface area (Å²) in [5, 5.41) is 0.0202. The van der Waals surface area contributed by atoms with Gasteiger partial charge in [0.05, 0.1) is 11.9 Å². The predicted molar refractivity (Wildman–Crippen MR) is 47.8 cm³/mol. The Labute approximate surface area is 80.5 Å². The highest BCUT2D eigenvalue weighted by molar-refractivity contribution is 7.89. The first-order valence-electron chi connectivity index (χ1n) is 3.36. The Bertz CT molecular complexity index is 419. The Morgan fingerprint density at radius 1 is 1.62 bits per heavy atom. The molecular weight excluding hydrogens is 217 g/mol. The molecule has 1 heterocycles. The lowest BCUT2D eigenvalue weighted by molar-refractivity contribution is 0.599. The van der Waals surface area contributed by atoms with Crippen LogP contribution in [0, 0.1) is 5.82 Å². The van der Waals surface area contributed by atoms with Gasteiger partial charge < -0.3 is 0 Å². The van der Waals surface area contributed by atoms with E-state index in [0.717, 1.165) is 18.5 Å². The monoisotopic (exact) mass is 223 g/mol. The van der Waals surface area contributed by atoms with Gasteiger partial charge in [0, 0.05) is 11.8 Å². The molecule has 0 radical (unpaired) electrons. The van der Waals surface area contributed by atoms with Gasteiger partial charge in [-0.15, -0.1) is 0 Å². The third-order valence-electron chi connectivity index (χ3n) is 1.30. The minimum Gasteiger partial charge on any atom is -0.241 e. The van der Waals surface area contributed by atoms with Crippen molar-refractivity contribution in [2.24, 2.45) is 0 Å². The Morgan fingerprint density at radius 3 is 2.77 bits per heavy atom. The second kappa shape index (κ2) is 3.59. The number of nitrogens with zero attached hydrogens (tertiary/aromatic N) is 1. The number of hydrogen-bond donors (Lipinski definition) is 0. The third kappa shape index (κ3) is 3.28. The van der Waals surface area contributed by atoms with Crippen LogP contribution in [0.4, 0.5) is 4.39 Å². The molecule has 0 aromatic carbocycles. The number of hydrogen-bond acceptors (Lipinski definition) is 3. The number of rotatable bonds is 2. The van der Waals surface area contributed by atoms with Crippen molar-refractivity contribution in [3.05, 3.63) is 28.8 Å². The number of aromatic nitrogens is 1. The van der Waals surface area contributed by atoms with E-state index in [2.05, 4.69) is 4.98 Å². The van der Waals surface area contributed by atoms with E-state index in [1.54, 1.807) is 0 Å². The van der Waals surface area contributed by atoms with Gasteiger partial charge >= 0.3 is 0 Å². The Kier molecular flexibility index (Phi) is 2.87. The van der Waals surface area contributed by atoms with Gasteiger partial charge in [0.25, 0.3) is 0 Å². The van der Waals surface area contributed by atoms with Crippen LogP contribution in [0.3, 0.4) is 0 Å². The maximum Gasteiger partial charge on any atom is 0.151 e. The summed E-state index contributed by atoms with van der Waals surface area (Å²) in [6.07, 6.45) is 1.99. The molecule has 0 saturated heterocycles. The summed E-state index contributed by atoms with van der Waals surface area (Å²) in [5.41, 5.74) is 0.184. The van der Waals surface area contributed by atoms with Gasteiger partial charge in [-0.1, -0.05) is 11.6 Å². The van der Waals surface area contributed by atoms with E-state index in [1.165, 1.54) is 0 Å². The summed E-state index contributed by atoms with van der Waals surface area (Å²) < 4.78 is 34.3. The summed E-state index contributed by atoms with van der Waals surface area (Å²) >= 11 is 5.56. The van der Waals surface area contributed by atoms with Crippen LogP contribution >= 0.6 is 11.6 Å². The van der Waals surface area contributed by atoms with E-state index in [4.69, 9.17) is 11.6 Å².